The van der Waals surface area contributed by atoms with Crippen LogP contribution in [-0.4, -0.2) is 50.9 Å². The summed E-state index contributed by atoms with van der Waals surface area (Å²) in [6.45, 7) is 5.04. The van der Waals surface area contributed by atoms with E-state index in [2.05, 4.69) is 20.0 Å². The number of nitrogens with zero attached hydrogens (tertiary/aromatic N) is 5. The van der Waals surface area contributed by atoms with Gasteiger partial charge < -0.3 is 9.26 Å². The summed E-state index contributed by atoms with van der Waals surface area (Å²) >= 11 is 0. The van der Waals surface area contributed by atoms with Crippen LogP contribution in [0.3, 0.4) is 0 Å². The van der Waals surface area contributed by atoms with Gasteiger partial charge in [0, 0.05) is 37.7 Å². The number of hydrogen-bond donors (Lipinski definition) is 0. The van der Waals surface area contributed by atoms with Crippen LogP contribution in [0.1, 0.15) is 67.8 Å². The summed E-state index contributed by atoms with van der Waals surface area (Å²) < 4.78 is 12.7. The first-order chi connectivity index (χ1) is 14.2. The largest absolute Gasteiger partial charge is 0.381 e. The Morgan fingerprint density at radius 2 is 1.83 bits per heavy atom. The average Bonchev–Trinajstić information content (AvgIpc) is 3.50. The Morgan fingerprint density at radius 1 is 1.03 bits per heavy atom. The third-order valence-corrected chi connectivity index (χ3v) is 6.48. The van der Waals surface area contributed by atoms with Gasteiger partial charge in [-0.05, 0) is 57.5 Å². The van der Waals surface area contributed by atoms with E-state index in [0.29, 0.717) is 17.8 Å². The second kappa shape index (κ2) is 8.36. The van der Waals surface area contributed by atoms with E-state index in [-0.39, 0.29) is 5.56 Å². The van der Waals surface area contributed by atoms with Crippen molar-refractivity contribution in [2.75, 3.05) is 26.3 Å². The van der Waals surface area contributed by atoms with Gasteiger partial charge in [-0.2, -0.15) is 4.98 Å². The van der Waals surface area contributed by atoms with E-state index in [0.717, 1.165) is 82.5 Å². The molecule has 1 aliphatic carbocycles. The monoisotopic (exact) mass is 399 g/mol. The SMILES string of the molecule is O=c1cc(C2CC2)ncn1CC1CCN(Cc2noc(C3CCOCC3)n2)CC1. The zero-order valence-corrected chi connectivity index (χ0v) is 16.8. The molecule has 1 saturated carbocycles. The van der Waals surface area contributed by atoms with Crippen LogP contribution in [0.5, 0.6) is 0 Å². The van der Waals surface area contributed by atoms with Gasteiger partial charge in [0.25, 0.3) is 5.56 Å². The molecule has 3 fully saturated rings. The van der Waals surface area contributed by atoms with Crippen molar-refractivity contribution in [3.05, 3.63) is 40.2 Å². The van der Waals surface area contributed by atoms with Crippen LogP contribution < -0.4 is 5.56 Å². The Labute approximate surface area is 170 Å². The normalized spacial score (nSPS) is 22.2. The zero-order chi connectivity index (χ0) is 19.6. The Hall–Kier alpha value is -2.06. The molecule has 5 rings (SSSR count). The third-order valence-electron chi connectivity index (χ3n) is 6.48. The highest BCUT2D eigenvalue weighted by Gasteiger charge is 2.27. The molecule has 29 heavy (non-hydrogen) atoms. The van der Waals surface area contributed by atoms with Crippen molar-refractivity contribution in [1.29, 1.82) is 0 Å². The maximum absolute atomic E-state index is 12.4. The van der Waals surface area contributed by atoms with Gasteiger partial charge in [-0.3, -0.25) is 14.3 Å². The molecule has 2 aromatic heterocycles. The summed E-state index contributed by atoms with van der Waals surface area (Å²) in [6, 6.07) is 1.74. The Kier molecular flexibility index (Phi) is 5.46. The predicted octanol–water partition coefficient (Wildman–Crippen LogP) is 2.31. The van der Waals surface area contributed by atoms with Crippen molar-refractivity contribution >= 4 is 0 Å². The second-order valence-corrected chi connectivity index (χ2v) is 8.73. The summed E-state index contributed by atoms with van der Waals surface area (Å²) in [5.74, 6) is 2.92. The van der Waals surface area contributed by atoms with Crippen LogP contribution >= 0.6 is 0 Å². The lowest BCUT2D eigenvalue weighted by Crippen LogP contribution is -2.36. The molecule has 8 nitrogen and oxygen atoms in total. The fourth-order valence-electron chi connectivity index (χ4n) is 4.43. The standard InChI is InChI=1S/C21H29N5O3/c27-20-11-18(16-1-2-16)22-14-26(20)12-15-3-7-25(8-4-15)13-19-23-21(29-24-19)17-5-9-28-10-6-17/h11,14-17H,1-10,12-13H2. The first kappa shape index (κ1) is 18.9. The Bertz CT molecular complexity index is 876. The number of likely N-dealkylation sites (tertiary alicyclic amines) is 1. The molecular formula is C21H29N5O3. The molecule has 156 valence electrons. The van der Waals surface area contributed by atoms with Gasteiger partial charge >= 0.3 is 0 Å². The van der Waals surface area contributed by atoms with E-state index in [9.17, 15) is 4.79 Å². The smallest absolute Gasteiger partial charge is 0.253 e. The van der Waals surface area contributed by atoms with Gasteiger partial charge in [-0.15, -0.1) is 0 Å². The maximum Gasteiger partial charge on any atom is 0.253 e. The highest BCUT2D eigenvalue weighted by molar-refractivity contribution is 5.12. The Balaban J connectivity index is 1.11. The van der Waals surface area contributed by atoms with Crippen LogP contribution in [0.4, 0.5) is 0 Å². The number of ether oxygens (including phenoxy) is 1. The highest BCUT2D eigenvalue weighted by Crippen LogP contribution is 2.38. The number of piperidine rings is 1. The molecule has 0 atom stereocenters. The summed E-state index contributed by atoms with van der Waals surface area (Å²) in [4.78, 5) is 23.9. The van der Waals surface area contributed by atoms with Crippen molar-refractivity contribution in [2.45, 2.75) is 63.5 Å². The molecule has 0 radical (unpaired) electrons. The summed E-state index contributed by atoms with van der Waals surface area (Å²) in [6.07, 6.45) is 8.16. The van der Waals surface area contributed by atoms with Crippen LogP contribution in [0.25, 0.3) is 0 Å². The van der Waals surface area contributed by atoms with Crippen molar-refractivity contribution in [3.63, 3.8) is 0 Å². The molecule has 0 unspecified atom stereocenters. The molecule has 0 spiro atoms. The van der Waals surface area contributed by atoms with Crippen LogP contribution in [-0.2, 0) is 17.8 Å². The van der Waals surface area contributed by atoms with E-state index in [4.69, 9.17) is 9.26 Å². The number of hydrogen-bond acceptors (Lipinski definition) is 7. The topological polar surface area (TPSA) is 86.3 Å². The lowest BCUT2D eigenvalue weighted by Gasteiger charge is -2.31. The first-order valence-corrected chi connectivity index (χ1v) is 10.9. The Morgan fingerprint density at radius 3 is 2.55 bits per heavy atom. The quantitative estimate of drug-likeness (QED) is 0.737. The van der Waals surface area contributed by atoms with Gasteiger partial charge in [-0.25, -0.2) is 4.98 Å². The lowest BCUT2D eigenvalue weighted by atomic mass is 9.96. The predicted molar refractivity (Wildman–Crippen MR) is 106 cm³/mol. The van der Waals surface area contributed by atoms with E-state index in [1.807, 2.05) is 0 Å². The van der Waals surface area contributed by atoms with E-state index in [1.54, 1.807) is 17.0 Å². The fraction of sp³-hybridized carbons (Fsp3) is 0.714. The minimum Gasteiger partial charge on any atom is -0.381 e. The van der Waals surface area contributed by atoms with Crippen LogP contribution in [0.15, 0.2) is 21.7 Å². The van der Waals surface area contributed by atoms with E-state index < -0.39 is 0 Å². The summed E-state index contributed by atoms with van der Waals surface area (Å²) in [5.41, 5.74) is 1.07. The second-order valence-electron chi connectivity index (χ2n) is 8.73. The van der Waals surface area contributed by atoms with Gasteiger partial charge in [0.1, 0.15) is 0 Å². The molecule has 2 aliphatic heterocycles. The van der Waals surface area contributed by atoms with Gasteiger partial charge in [0.15, 0.2) is 5.82 Å². The van der Waals surface area contributed by atoms with Crippen molar-refractivity contribution in [1.82, 2.24) is 24.6 Å². The third kappa shape index (κ3) is 4.59. The molecule has 8 heteroatoms. The summed E-state index contributed by atoms with van der Waals surface area (Å²) in [7, 11) is 0. The highest BCUT2D eigenvalue weighted by atomic mass is 16.5. The molecule has 3 aliphatic rings. The molecule has 2 saturated heterocycles. The molecule has 0 N–H and O–H groups in total. The van der Waals surface area contributed by atoms with Gasteiger partial charge in [-0.1, -0.05) is 5.16 Å². The minimum absolute atomic E-state index is 0.0942. The first-order valence-electron chi connectivity index (χ1n) is 10.9. The van der Waals surface area contributed by atoms with Crippen molar-refractivity contribution in [3.8, 4) is 0 Å². The maximum atomic E-state index is 12.4. The molecule has 0 bridgehead atoms. The molecular weight excluding hydrogens is 370 g/mol. The van der Waals surface area contributed by atoms with Crippen molar-refractivity contribution < 1.29 is 9.26 Å². The van der Waals surface area contributed by atoms with Crippen LogP contribution in [0.2, 0.25) is 0 Å². The molecule has 4 heterocycles. The van der Waals surface area contributed by atoms with Gasteiger partial charge in [0.2, 0.25) is 5.89 Å². The zero-order valence-electron chi connectivity index (χ0n) is 16.8. The van der Waals surface area contributed by atoms with Gasteiger partial charge in [0.05, 0.1) is 18.6 Å². The number of rotatable bonds is 6. The van der Waals surface area contributed by atoms with E-state index in [1.165, 1.54) is 12.8 Å². The minimum atomic E-state index is 0.0942. The fourth-order valence-corrected chi connectivity index (χ4v) is 4.43. The lowest BCUT2D eigenvalue weighted by molar-refractivity contribution is 0.0778. The summed E-state index contributed by atoms with van der Waals surface area (Å²) in [5, 5.41) is 4.19. The molecule has 2 aromatic rings. The molecule has 0 aromatic carbocycles. The molecule has 0 amide bonds. The van der Waals surface area contributed by atoms with Crippen LogP contribution in [0, 0.1) is 5.92 Å². The average molecular weight is 399 g/mol. The van der Waals surface area contributed by atoms with E-state index >= 15 is 0 Å². The number of aromatic nitrogens is 4. The van der Waals surface area contributed by atoms with Crippen molar-refractivity contribution in [2.24, 2.45) is 5.92 Å².